The summed E-state index contributed by atoms with van der Waals surface area (Å²) >= 11 is 1.43. The Bertz CT molecular complexity index is 57.7. The molecule has 1 nitrogen and oxygen atoms in total. The number of hydrogen-bond acceptors (Lipinski definition) is 2. The summed E-state index contributed by atoms with van der Waals surface area (Å²) in [6, 6.07) is 0. The van der Waals surface area contributed by atoms with Crippen molar-refractivity contribution in [2.45, 2.75) is 25.5 Å². The van der Waals surface area contributed by atoms with Gasteiger partial charge in [-0.25, -0.2) is 0 Å². The fraction of sp³-hybridized carbons (Fsp3) is 1.00. The third-order valence-electron chi connectivity index (χ3n) is 0.816. The molecule has 39 valence electrons. The minimum atomic E-state index is 0.574. The first-order valence-corrected chi connectivity index (χ1v) is 3.21. The van der Waals surface area contributed by atoms with Gasteiger partial charge in [-0.15, -0.1) is 0 Å². The van der Waals surface area contributed by atoms with Crippen LogP contribution in [0.15, 0.2) is 4.30 Å². The summed E-state index contributed by atoms with van der Waals surface area (Å²) < 4.78 is 3.42. The van der Waals surface area contributed by atoms with E-state index >= 15 is 0 Å². The predicted octanol–water partition coefficient (Wildman–Crippen LogP) is 1.79. The second-order valence-electron chi connectivity index (χ2n) is 1.43. The van der Waals surface area contributed by atoms with Gasteiger partial charge in [0.05, 0.1) is 0 Å². The van der Waals surface area contributed by atoms with Crippen LogP contribution in [0.4, 0.5) is 0 Å². The van der Waals surface area contributed by atoms with Gasteiger partial charge in [-0.05, 0) is 0 Å². The molecular weight excluding hydrogens is 105 g/mol. The zero-order valence-corrected chi connectivity index (χ0v) is 5.53. The third kappa shape index (κ3) is 4.06. The minimum absolute atomic E-state index is 0.574. The van der Waals surface area contributed by atoms with E-state index in [0.29, 0.717) is 5.25 Å². The SMILES string of the molecule is [B]=NS[C@H](C)CC. The number of hydrogen-bond donors (Lipinski definition) is 0. The normalized spacial score (nSPS) is 13.3. The average Bonchev–Trinajstić information content (AvgIpc) is 1.68. The fourth-order valence-corrected chi connectivity index (χ4v) is 0.535. The van der Waals surface area contributed by atoms with Gasteiger partial charge in [0.2, 0.25) is 0 Å². The summed E-state index contributed by atoms with van der Waals surface area (Å²) in [4.78, 5) is 0. The molecule has 0 spiro atoms. The molecule has 0 aromatic carbocycles. The van der Waals surface area contributed by atoms with Crippen LogP contribution in [-0.4, -0.2) is 12.9 Å². The second-order valence-corrected chi connectivity index (χ2v) is 2.66. The number of rotatable bonds is 3. The van der Waals surface area contributed by atoms with Crippen molar-refractivity contribution in [2.24, 2.45) is 4.30 Å². The monoisotopic (exact) mass is 114 g/mol. The van der Waals surface area contributed by atoms with E-state index in [1.54, 1.807) is 0 Å². The van der Waals surface area contributed by atoms with Crippen LogP contribution in [0.3, 0.4) is 0 Å². The van der Waals surface area contributed by atoms with Crippen molar-refractivity contribution < 1.29 is 0 Å². The Kier molecular flexibility index (Phi) is 4.51. The Hall–Kier alpha value is 0.215. The molecule has 0 aliphatic carbocycles. The molecule has 1 atom stereocenters. The molecule has 0 aliphatic heterocycles. The molecule has 0 amide bonds. The first kappa shape index (κ1) is 7.21. The van der Waals surface area contributed by atoms with E-state index in [4.69, 9.17) is 7.64 Å². The van der Waals surface area contributed by atoms with E-state index in [1.807, 2.05) is 0 Å². The van der Waals surface area contributed by atoms with E-state index in [-0.39, 0.29) is 0 Å². The van der Waals surface area contributed by atoms with Crippen molar-refractivity contribution in [3.05, 3.63) is 0 Å². The molecule has 0 heterocycles. The Morgan fingerprint density at radius 3 is 2.57 bits per heavy atom. The molecule has 0 saturated heterocycles. The molecule has 1 radical (unpaired) electrons. The van der Waals surface area contributed by atoms with Gasteiger partial charge >= 0.3 is 49.4 Å². The van der Waals surface area contributed by atoms with Crippen molar-refractivity contribution in [1.29, 1.82) is 0 Å². The Morgan fingerprint density at radius 1 is 1.86 bits per heavy atom. The zero-order valence-electron chi connectivity index (χ0n) is 4.72. The summed E-state index contributed by atoms with van der Waals surface area (Å²) in [6.45, 7) is 4.21. The van der Waals surface area contributed by atoms with Crippen LogP contribution in [0, 0.1) is 0 Å². The standard InChI is InChI=1S/C4H9BNS/c1-3-4(2)7-6-5/h4H,3H2,1-2H3/t4-/m1/s1. The fourth-order valence-electron chi connectivity index (χ4n) is 0.178. The van der Waals surface area contributed by atoms with Crippen molar-refractivity contribution in [1.82, 2.24) is 0 Å². The van der Waals surface area contributed by atoms with Crippen LogP contribution in [-0.2, 0) is 0 Å². The Balaban J connectivity index is 2.98. The van der Waals surface area contributed by atoms with Gasteiger partial charge in [0.25, 0.3) is 0 Å². The van der Waals surface area contributed by atoms with E-state index < -0.39 is 0 Å². The molecule has 0 rings (SSSR count). The van der Waals surface area contributed by atoms with Gasteiger partial charge in [0, 0.05) is 0 Å². The Morgan fingerprint density at radius 2 is 2.43 bits per heavy atom. The third-order valence-corrected chi connectivity index (χ3v) is 1.63. The summed E-state index contributed by atoms with van der Waals surface area (Å²) in [7, 11) is 4.89. The van der Waals surface area contributed by atoms with Gasteiger partial charge in [-0.3, -0.25) is 0 Å². The molecule has 0 aromatic heterocycles. The van der Waals surface area contributed by atoms with Crippen LogP contribution in [0.1, 0.15) is 20.3 Å². The van der Waals surface area contributed by atoms with Gasteiger partial charge < -0.3 is 0 Å². The molecule has 0 saturated carbocycles. The zero-order chi connectivity index (χ0) is 5.70. The van der Waals surface area contributed by atoms with E-state index in [9.17, 15) is 0 Å². The molecule has 0 unspecified atom stereocenters. The molecular formula is C4H9BNS. The molecule has 0 bridgehead atoms. The quantitative estimate of drug-likeness (QED) is 0.402. The molecule has 0 aliphatic rings. The van der Waals surface area contributed by atoms with Gasteiger partial charge in [0.15, 0.2) is 0 Å². The average molecular weight is 114 g/mol. The second kappa shape index (κ2) is 4.38. The Labute approximate surface area is 50.1 Å². The summed E-state index contributed by atoms with van der Waals surface area (Å²) in [5, 5.41) is 0.574. The van der Waals surface area contributed by atoms with Crippen LogP contribution < -0.4 is 0 Å². The first-order chi connectivity index (χ1) is 3.31. The molecule has 3 heteroatoms. The van der Waals surface area contributed by atoms with E-state index in [2.05, 4.69) is 18.1 Å². The van der Waals surface area contributed by atoms with Crippen molar-refractivity contribution in [2.75, 3.05) is 0 Å². The molecule has 0 fully saturated rings. The first-order valence-electron chi connectivity index (χ1n) is 2.37. The summed E-state index contributed by atoms with van der Waals surface area (Å²) in [5.74, 6) is 0. The van der Waals surface area contributed by atoms with Crippen molar-refractivity contribution >= 4 is 19.6 Å². The van der Waals surface area contributed by atoms with Gasteiger partial charge in [-0.1, -0.05) is 0 Å². The topological polar surface area (TPSA) is 12.4 Å². The molecule has 0 aromatic rings. The van der Waals surface area contributed by atoms with Crippen LogP contribution in [0.2, 0.25) is 0 Å². The summed E-state index contributed by atoms with van der Waals surface area (Å²) in [5.41, 5.74) is 0. The maximum absolute atomic E-state index is 4.89. The molecule has 7 heavy (non-hydrogen) atoms. The van der Waals surface area contributed by atoms with E-state index in [0.717, 1.165) is 6.42 Å². The van der Waals surface area contributed by atoms with Crippen molar-refractivity contribution in [3.8, 4) is 0 Å². The van der Waals surface area contributed by atoms with Crippen LogP contribution >= 0.6 is 11.9 Å². The maximum atomic E-state index is 4.89. The predicted molar refractivity (Wildman–Crippen MR) is 35.5 cm³/mol. The van der Waals surface area contributed by atoms with Crippen molar-refractivity contribution in [3.63, 3.8) is 0 Å². The van der Waals surface area contributed by atoms with Crippen LogP contribution in [0.5, 0.6) is 0 Å². The molecule has 0 N–H and O–H groups in total. The van der Waals surface area contributed by atoms with E-state index in [1.165, 1.54) is 11.9 Å². The van der Waals surface area contributed by atoms with Crippen LogP contribution in [0.25, 0.3) is 0 Å². The number of nitrogens with zero attached hydrogens (tertiary/aromatic N) is 1. The summed E-state index contributed by atoms with van der Waals surface area (Å²) in [6.07, 6.45) is 1.13. The van der Waals surface area contributed by atoms with Gasteiger partial charge in [-0.2, -0.15) is 0 Å². The van der Waals surface area contributed by atoms with Gasteiger partial charge in [0.1, 0.15) is 0 Å².